The fraction of sp³-hybridized carbons (Fsp3) is 0.394. The lowest BCUT2D eigenvalue weighted by Gasteiger charge is -2.59. The molecular formula is C33H33N7O2. The van der Waals surface area contributed by atoms with Crippen molar-refractivity contribution in [2.45, 2.75) is 56.8 Å². The number of aliphatic hydroxyl groups is 1. The first-order chi connectivity index (χ1) is 20.3. The average Bonchev–Trinajstić information content (AvgIpc) is 3.76. The fourth-order valence-corrected chi connectivity index (χ4v) is 6.47. The number of terminal acetylenes is 1. The normalized spacial score (nSPS) is 20.9. The SMILES string of the molecule is C#Cc1ccc(C(C2CC2)N2C3CC2CN(c2ccc(-c4cc(OCC(C)(C)O)cn5ncc(C#N)c45)cn2)C3)nc1. The molecule has 2 bridgehead atoms. The molecule has 0 amide bonds. The second-order valence-electron chi connectivity index (χ2n) is 12.4. The minimum absolute atomic E-state index is 0.129. The van der Waals surface area contributed by atoms with Gasteiger partial charge in [0, 0.05) is 54.3 Å². The Morgan fingerprint density at radius 3 is 2.55 bits per heavy atom. The highest BCUT2D eigenvalue weighted by Gasteiger charge is 2.52. The predicted octanol–water partition coefficient (Wildman–Crippen LogP) is 4.21. The summed E-state index contributed by atoms with van der Waals surface area (Å²) in [6.45, 7) is 5.38. The molecule has 1 aliphatic carbocycles. The van der Waals surface area contributed by atoms with E-state index in [-0.39, 0.29) is 6.61 Å². The van der Waals surface area contributed by atoms with Gasteiger partial charge in [-0.25, -0.2) is 9.50 Å². The summed E-state index contributed by atoms with van der Waals surface area (Å²) < 4.78 is 7.53. The van der Waals surface area contributed by atoms with Crippen molar-refractivity contribution in [3.63, 3.8) is 0 Å². The fourth-order valence-electron chi connectivity index (χ4n) is 6.47. The lowest BCUT2D eigenvalue weighted by molar-refractivity contribution is -0.0490. The number of hydrogen-bond donors (Lipinski definition) is 1. The van der Waals surface area contributed by atoms with Gasteiger partial charge in [0.05, 0.1) is 40.8 Å². The number of pyridine rings is 3. The molecule has 3 aliphatic heterocycles. The average molecular weight is 560 g/mol. The zero-order valence-corrected chi connectivity index (χ0v) is 23.8. The predicted molar refractivity (Wildman–Crippen MR) is 159 cm³/mol. The van der Waals surface area contributed by atoms with Gasteiger partial charge in [0.2, 0.25) is 0 Å². The van der Waals surface area contributed by atoms with E-state index in [4.69, 9.17) is 21.1 Å². The smallest absolute Gasteiger partial charge is 0.138 e. The van der Waals surface area contributed by atoms with E-state index in [0.717, 1.165) is 41.3 Å². The first kappa shape index (κ1) is 26.5. The summed E-state index contributed by atoms with van der Waals surface area (Å²) in [7, 11) is 0. The van der Waals surface area contributed by atoms with Crippen molar-refractivity contribution < 1.29 is 9.84 Å². The lowest BCUT2D eigenvalue weighted by atomic mass is 9.83. The summed E-state index contributed by atoms with van der Waals surface area (Å²) >= 11 is 0. The number of hydrogen-bond acceptors (Lipinski definition) is 8. The first-order valence-corrected chi connectivity index (χ1v) is 14.5. The molecule has 0 spiro atoms. The zero-order chi connectivity index (χ0) is 29.0. The van der Waals surface area contributed by atoms with Gasteiger partial charge in [-0.15, -0.1) is 6.42 Å². The van der Waals surface area contributed by atoms with Gasteiger partial charge in [-0.05, 0) is 69.4 Å². The Morgan fingerprint density at radius 1 is 1.12 bits per heavy atom. The van der Waals surface area contributed by atoms with Gasteiger partial charge in [-0.3, -0.25) is 9.88 Å². The Hall–Kier alpha value is -4.44. The quantitative estimate of drug-likeness (QED) is 0.321. The van der Waals surface area contributed by atoms with Crippen molar-refractivity contribution in [2.75, 3.05) is 24.6 Å². The third-order valence-corrected chi connectivity index (χ3v) is 8.58. The Kier molecular flexibility index (Phi) is 6.38. The van der Waals surface area contributed by atoms with E-state index in [2.05, 4.69) is 39.0 Å². The number of piperidine rings is 1. The maximum absolute atomic E-state index is 10.1. The second kappa shape index (κ2) is 10.1. The summed E-state index contributed by atoms with van der Waals surface area (Å²) in [5.74, 6) is 4.86. The van der Waals surface area contributed by atoms with Crippen molar-refractivity contribution in [3.8, 4) is 35.3 Å². The molecule has 3 saturated heterocycles. The van der Waals surface area contributed by atoms with Gasteiger partial charge in [-0.2, -0.15) is 10.4 Å². The molecule has 3 unspecified atom stereocenters. The lowest BCUT2D eigenvalue weighted by Crippen LogP contribution is -2.69. The Morgan fingerprint density at radius 2 is 1.93 bits per heavy atom. The minimum Gasteiger partial charge on any atom is -0.489 e. The molecule has 1 N–H and O–H groups in total. The summed E-state index contributed by atoms with van der Waals surface area (Å²) in [5.41, 5.74) is 3.84. The molecule has 0 aromatic carbocycles. The highest BCUT2D eigenvalue weighted by Crippen LogP contribution is 2.50. The molecule has 212 valence electrons. The summed E-state index contributed by atoms with van der Waals surface area (Å²) in [4.78, 5) is 14.7. The highest BCUT2D eigenvalue weighted by atomic mass is 16.5. The Labute approximate surface area is 245 Å². The second-order valence-corrected chi connectivity index (χ2v) is 12.4. The number of aromatic nitrogens is 4. The monoisotopic (exact) mass is 559 g/mol. The van der Waals surface area contributed by atoms with Crippen LogP contribution in [-0.4, -0.2) is 67.0 Å². The van der Waals surface area contributed by atoms with Crippen LogP contribution in [0.5, 0.6) is 5.75 Å². The van der Waals surface area contributed by atoms with Crippen LogP contribution in [-0.2, 0) is 0 Å². The number of nitriles is 1. The molecule has 4 aromatic heterocycles. The van der Waals surface area contributed by atoms with Gasteiger partial charge in [0.1, 0.15) is 24.2 Å². The van der Waals surface area contributed by atoms with Crippen LogP contribution in [0.2, 0.25) is 0 Å². The van der Waals surface area contributed by atoms with Crippen LogP contribution in [0.4, 0.5) is 5.82 Å². The van der Waals surface area contributed by atoms with Crippen molar-refractivity contribution in [2.24, 2.45) is 5.92 Å². The molecule has 8 rings (SSSR count). The van der Waals surface area contributed by atoms with E-state index in [9.17, 15) is 10.4 Å². The molecule has 4 fully saturated rings. The van der Waals surface area contributed by atoms with E-state index in [0.29, 0.717) is 40.9 Å². The number of rotatable bonds is 8. The maximum atomic E-state index is 10.1. The van der Waals surface area contributed by atoms with E-state index < -0.39 is 5.60 Å². The molecule has 9 heteroatoms. The molecule has 42 heavy (non-hydrogen) atoms. The van der Waals surface area contributed by atoms with Gasteiger partial charge in [0.15, 0.2) is 0 Å². The number of nitrogens with zero attached hydrogens (tertiary/aromatic N) is 7. The molecular weight excluding hydrogens is 526 g/mol. The Bertz CT molecular complexity index is 1690. The van der Waals surface area contributed by atoms with E-state index >= 15 is 0 Å². The summed E-state index contributed by atoms with van der Waals surface area (Å²) in [6, 6.07) is 13.7. The van der Waals surface area contributed by atoms with E-state index in [1.165, 1.54) is 19.3 Å². The van der Waals surface area contributed by atoms with Crippen molar-refractivity contribution in [1.82, 2.24) is 24.5 Å². The largest absolute Gasteiger partial charge is 0.489 e. The van der Waals surface area contributed by atoms with Crippen molar-refractivity contribution >= 4 is 11.3 Å². The van der Waals surface area contributed by atoms with Crippen LogP contribution in [0.1, 0.15) is 56.0 Å². The van der Waals surface area contributed by atoms with Crippen molar-refractivity contribution in [3.05, 3.63) is 71.9 Å². The highest BCUT2D eigenvalue weighted by molar-refractivity contribution is 5.85. The molecule has 3 atom stereocenters. The topological polar surface area (TPSA) is 103 Å². The van der Waals surface area contributed by atoms with Crippen LogP contribution in [0.25, 0.3) is 16.6 Å². The van der Waals surface area contributed by atoms with E-state index in [1.807, 2.05) is 30.6 Å². The Balaban J connectivity index is 1.11. The van der Waals surface area contributed by atoms with E-state index in [1.54, 1.807) is 30.8 Å². The molecule has 0 radical (unpaired) electrons. The van der Waals surface area contributed by atoms with Gasteiger partial charge in [-0.1, -0.05) is 5.92 Å². The van der Waals surface area contributed by atoms with Gasteiger partial charge >= 0.3 is 0 Å². The third-order valence-electron chi connectivity index (χ3n) is 8.58. The zero-order valence-electron chi connectivity index (χ0n) is 23.8. The van der Waals surface area contributed by atoms with Crippen molar-refractivity contribution in [1.29, 1.82) is 5.26 Å². The first-order valence-electron chi connectivity index (χ1n) is 14.5. The number of piperazine rings is 1. The van der Waals surface area contributed by atoms with Crippen LogP contribution >= 0.6 is 0 Å². The third kappa shape index (κ3) is 4.85. The molecule has 4 aromatic rings. The molecule has 4 aliphatic rings. The summed E-state index contributed by atoms with van der Waals surface area (Å²) in [6.07, 6.45) is 16.2. The minimum atomic E-state index is -0.979. The molecule has 7 heterocycles. The number of fused-ring (bicyclic) bond motifs is 3. The van der Waals surface area contributed by atoms with Crippen LogP contribution in [0.15, 0.2) is 55.1 Å². The maximum Gasteiger partial charge on any atom is 0.138 e. The number of anilines is 1. The van der Waals surface area contributed by atoms with Gasteiger partial charge in [0.25, 0.3) is 0 Å². The standard InChI is InChI=1S/C33H33N7O2/c1-4-21-5-9-29(35-14-21)32(22-6-7-22)40-25-11-26(40)18-38(17-25)30-10-8-23(15-36-30)28-12-27(42-20-33(2,3)41)19-39-31(28)24(13-34)16-37-39/h1,5,8-10,12,14-16,19,22,25-26,32,41H,6-7,11,17-18,20H2,2-3H3. The summed E-state index contributed by atoms with van der Waals surface area (Å²) in [5, 5.41) is 24.2. The van der Waals surface area contributed by atoms with Crippen LogP contribution in [0.3, 0.4) is 0 Å². The van der Waals surface area contributed by atoms with Crippen LogP contribution < -0.4 is 9.64 Å². The molecule has 9 nitrogen and oxygen atoms in total. The number of ether oxygens (including phenoxy) is 1. The van der Waals surface area contributed by atoms with Gasteiger partial charge < -0.3 is 14.7 Å². The molecule has 1 saturated carbocycles. The van der Waals surface area contributed by atoms with Crippen LogP contribution in [0, 0.1) is 29.6 Å².